The van der Waals surface area contributed by atoms with Gasteiger partial charge >= 0.3 is 0 Å². The number of aliphatic imine (C=N–C) groups is 1. The molecule has 0 aliphatic carbocycles. The summed E-state index contributed by atoms with van der Waals surface area (Å²) in [6, 6.07) is 9.52. The summed E-state index contributed by atoms with van der Waals surface area (Å²) in [5, 5.41) is 5.39. The van der Waals surface area contributed by atoms with Gasteiger partial charge in [-0.25, -0.2) is 9.97 Å². The zero-order chi connectivity index (χ0) is 19.1. The van der Waals surface area contributed by atoms with E-state index in [1.165, 1.54) is 17.3 Å². The Kier molecular flexibility index (Phi) is 6.54. The number of rotatable bonds is 7. The zero-order valence-corrected chi connectivity index (χ0v) is 15.8. The van der Waals surface area contributed by atoms with Crippen LogP contribution in [0.15, 0.2) is 47.7 Å². The van der Waals surface area contributed by atoms with E-state index in [4.69, 9.17) is 0 Å². The monoisotopic (exact) mass is 383 g/mol. The first-order valence-corrected chi connectivity index (χ1v) is 9.74. The molecule has 2 heterocycles. The second-order valence-corrected chi connectivity index (χ2v) is 7.31. The highest BCUT2D eigenvalue weighted by Crippen LogP contribution is 2.24. The third-order valence-corrected chi connectivity index (χ3v) is 5.04. The van der Waals surface area contributed by atoms with Crippen molar-refractivity contribution in [3.63, 3.8) is 0 Å². The van der Waals surface area contributed by atoms with Crippen LogP contribution in [-0.4, -0.2) is 32.2 Å². The lowest BCUT2D eigenvalue weighted by molar-refractivity contribution is -0.122. The lowest BCUT2D eigenvalue weighted by Crippen LogP contribution is -2.28. The van der Waals surface area contributed by atoms with E-state index in [1.54, 1.807) is 18.5 Å². The molecule has 1 aromatic heterocycles. The average Bonchev–Trinajstić information content (AvgIpc) is 3.00. The maximum atomic E-state index is 12.3. The van der Waals surface area contributed by atoms with E-state index in [2.05, 4.69) is 32.5 Å². The highest BCUT2D eigenvalue weighted by atomic mass is 32.2. The van der Waals surface area contributed by atoms with E-state index in [-0.39, 0.29) is 24.2 Å². The highest BCUT2D eigenvalue weighted by Gasteiger charge is 2.32. The van der Waals surface area contributed by atoms with E-state index in [1.807, 2.05) is 24.3 Å². The fourth-order valence-electron chi connectivity index (χ4n) is 2.55. The van der Waals surface area contributed by atoms with E-state index in [0.717, 1.165) is 24.9 Å². The van der Waals surface area contributed by atoms with Crippen LogP contribution in [0.3, 0.4) is 0 Å². The molecule has 0 radical (unpaired) electrons. The van der Waals surface area contributed by atoms with Gasteiger partial charge in [0.05, 0.1) is 0 Å². The van der Waals surface area contributed by atoms with Crippen LogP contribution in [0.2, 0.25) is 0 Å². The largest absolute Gasteiger partial charge is 0.326 e. The molecule has 27 heavy (non-hydrogen) atoms. The van der Waals surface area contributed by atoms with Gasteiger partial charge in [0, 0.05) is 24.5 Å². The van der Waals surface area contributed by atoms with Crippen molar-refractivity contribution in [2.45, 2.75) is 37.9 Å². The predicted molar refractivity (Wildman–Crippen MR) is 107 cm³/mol. The SMILES string of the molecule is CCCCc1ccc(NC(=O)CC2S/C(=N\c3ncccn3)NC2=O)cc1. The molecule has 2 N–H and O–H groups in total. The molecule has 1 aliphatic rings. The van der Waals surface area contributed by atoms with Gasteiger partial charge in [-0.3, -0.25) is 9.59 Å². The molecule has 2 amide bonds. The Labute approximate surface area is 162 Å². The number of carbonyl (C=O) groups is 2. The van der Waals surface area contributed by atoms with Crippen molar-refractivity contribution in [1.29, 1.82) is 0 Å². The molecule has 0 saturated carbocycles. The molecule has 3 rings (SSSR count). The maximum Gasteiger partial charge on any atom is 0.251 e. The number of hydrogen-bond donors (Lipinski definition) is 2. The van der Waals surface area contributed by atoms with Crippen LogP contribution in [0.1, 0.15) is 31.7 Å². The summed E-state index contributed by atoms with van der Waals surface area (Å²) in [6.45, 7) is 2.16. The topological polar surface area (TPSA) is 96.3 Å². The van der Waals surface area contributed by atoms with Crippen molar-refractivity contribution in [2.75, 3.05) is 5.32 Å². The first-order chi connectivity index (χ1) is 13.1. The zero-order valence-electron chi connectivity index (χ0n) is 15.0. The van der Waals surface area contributed by atoms with E-state index < -0.39 is 5.25 Å². The van der Waals surface area contributed by atoms with Gasteiger partial charge in [-0.15, -0.1) is 0 Å². The molecule has 140 valence electrons. The van der Waals surface area contributed by atoms with Gasteiger partial charge in [0.15, 0.2) is 5.17 Å². The van der Waals surface area contributed by atoms with Crippen LogP contribution in [0.4, 0.5) is 11.6 Å². The van der Waals surface area contributed by atoms with Gasteiger partial charge < -0.3 is 10.6 Å². The Morgan fingerprint density at radius 3 is 2.70 bits per heavy atom. The highest BCUT2D eigenvalue weighted by molar-refractivity contribution is 8.15. The van der Waals surface area contributed by atoms with E-state index in [9.17, 15) is 9.59 Å². The third-order valence-electron chi connectivity index (χ3n) is 3.96. The molecular formula is C19H21N5O2S. The number of unbranched alkanes of at least 4 members (excludes halogenated alkanes) is 1. The van der Waals surface area contributed by atoms with Crippen molar-refractivity contribution >= 4 is 40.4 Å². The predicted octanol–water partition coefficient (Wildman–Crippen LogP) is 3.07. The minimum atomic E-state index is -0.517. The van der Waals surface area contributed by atoms with Crippen LogP contribution in [0.5, 0.6) is 0 Å². The lowest BCUT2D eigenvalue weighted by Gasteiger charge is -2.08. The summed E-state index contributed by atoms with van der Waals surface area (Å²) in [5.74, 6) is -0.172. The molecule has 1 fully saturated rings. The molecule has 7 nitrogen and oxygen atoms in total. The number of aromatic nitrogens is 2. The summed E-state index contributed by atoms with van der Waals surface area (Å²) in [7, 11) is 0. The summed E-state index contributed by atoms with van der Waals surface area (Å²) >= 11 is 1.21. The molecule has 1 saturated heterocycles. The minimum absolute atomic E-state index is 0.0722. The number of benzene rings is 1. The normalized spacial score (nSPS) is 17.7. The summed E-state index contributed by atoms with van der Waals surface area (Å²) < 4.78 is 0. The Morgan fingerprint density at radius 2 is 2.00 bits per heavy atom. The van der Waals surface area contributed by atoms with Gasteiger partial charge in [-0.2, -0.15) is 4.99 Å². The number of thioether (sulfide) groups is 1. The quantitative estimate of drug-likeness (QED) is 0.766. The average molecular weight is 383 g/mol. The third kappa shape index (κ3) is 5.62. The molecule has 0 bridgehead atoms. The molecule has 1 atom stereocenters. The second kappa shape index (κ2) is 9.27. The summed E-state index contributed by atoms with van der Waals surface area (Å²) in [6.07, 6.45) is 6.57. The Hall–Kier alpha value is -2.74. The minimum Gasteiger partial charge on any atom is -0.326 e. The van der Waals surface area contributed by atoms with Gasteiger partial charge in [0.25, 0.3) is 5.95 Å². The number of amides is 2. The second-order valence-electron chi connectivity index (χ2n) is 6.11. The van der Waals surface area contributed by atoms with Crippen molar-refractivity contribution in [2.24, 2.45) is 4.99 Å². The van der Waals surface area contributed by atoms with Gasteiger partial charge in [0.1, 0.15) is 5.25 Å². The molecule has 0 spiro atoms. The fourth-order valence-corrected chi connectivity index (χ4v) is 3.51. The molecule has 1 unspecified atom stereocenters. The molecule has 8 heteroatoms. The Balaban J connectivity index is 1.53. The van der Waals surface area contributed by atoms with Crippen LogP contribution >= 0.6 is 11.8 Å². The fraction of sp³-hybridized carbons (Fsp3) is 0.316. The molecule has 1 aliphatic heterocycles. The first kappa shape index (κ1) is 19.0. The lowest BCUT2D eigenvalue weighted by atomic mass is 10.1. The van der Waals surface area contributed by atoms with E-state index >= 15 is 0 Å². The van der Waals surface area contributed by atoms with Gasteiger partial charge in [0.2, 0.25) is 11.8 Å². The van der Waals surface area contributed by atoms with Crippen LogP contribution < -0.4 is 10.6 Å². The number of anilines is 1. The molecular weight excluding hydrogens is 362 g/mol. The van der Waals surface area contributed by atoms with E-state index in [0.29, 0.717) is 5.17 Å². The van der Waals surface area contributed by atoms with Crippen LogP contribution in [0, 0.1) is 0 Å². The standard InChI is InChI=1S/C19H21N5O2S/c1-2-3-5-13-6-8-14(9-7-13)22-16(25)12-15-17(26)23-19(27-15)24-18-20-10-4-11-21-18/h4,6-11,15H,2-3,5,12H2,1H3,(H,22,25)(H,20,21,23,24,26). The smallest absolute Gasteiger partial charge is 0.251 e. The molecule has 2 aromatic rings. The maximum absolute atomic E-state index is 12.3. The van der Waals surface area contributed by atoms with Crippen LogP contribution in [0.25, 0.3) is 0 Å². The van der Waals surface area contributed by atoms with Gasteiger partial charge in [-0.05, 0) is 36.6 Å². The number of nitrogens with one attached hydrogen (secondary N) is 2. The number of carbonyl (C=O) groups excluding carboxylic acids is 2. The number of hydrogen-bond acceptors (Lipinski definition) is 6. The number of nitrogens with zero attached hydrogens (tertiary/aromatic N) is 3. The van der Waals surface area contributed by atoms with Crippen molar-refractivity contribution < 1.29 is 9.59 Å². The summed E-state index contributed by atoms with van der Waals surface area (Å²) in [4.78, 5) is 36.5. The number of amidine groups is 1. The summed E-state index contributed by atoms with van der Waals surface area (Å²) in [5.41, 5.74) is 1.99. The van der Waals surface area contributed by atoms with Crippen molar-refractivity contribution in [3.05, 3.63) is 48.3 Å². The van der Waals surface area contributed by atoms with Crippen molar-refractivity contribution in [3.8, 4) is 0 Å². The van der Waals surface area contributed by atoms with Crippen LogP contribution in [-0.2, 0) is 16.0 Å². The Morgan fingerprint density at radius 1 is 1.26 bits per heavy atom. The molecule has 1 aromatic carbocycles. The first-order valence-electron chi connectivity index (χ1n) is 8.86. The van der Waals surface area contributed by atoms with Gasteiger partial charge in [-0.1, -0.05) is 37.2 Å². The Bertz CT molecular complexity index is 824. The van der Waals surface area contributed by atoms with Crippen molar-refractivity contribution in [1.82, 2.24) is 15.3 Å². The number of aryl methyl sites for hydroxylation is 1.